The standard InChI is InChI=1S/C17H19N5O2S/c1-12-8-22(15(23)14-10-25-20-19-14)11-17(12)4-6-21(16(17)24)9-13-3-2-5-18-7-13/h2-3,5,7,10,12H,4,6,8-9,11H2,1H3/t12-,17-/m1/s1. The number of hydrogen-bond donors (Lipinski definition) is 0. The molecule has 2 aliphatic heterocycles. The zero-order valence-electron chi connectivity index (χ0n) is 14.0. The van der Waals surface area contributed by atoms with E-state index in [9.17, 15) is 9.59 Å². The highest BCUT2D eigenvalue weighted by atomic mass is 32.1. The average Bonchev–Trinajstić information content (AvgIpc) is 3.33. The Labute approximate surface area is 149 Å². The van der Waals surface area contributed by atoms with Crippen molar-refractivity contribution in [2.45, 2.75) is 19.9 Å². The fraction of sp³-hybridized carbons (Fsp3) is 0.471. The van der Waals surface area contributed by atoms with Crippen molar-refractivity contribution in [2.24, 2.45) is 11.3 Å². The first-order valence-electron chi connectivity index (χ1n) is 8.35. The maximum Gasteiger partial charge on any atom is 0.275 e. The van der Waals surface area contributed by atoms with Crippen LogP contribution < -0.4 is 0 Å². The number of pyridine rings is 1. The maximum atomic E-state index is 13.1. The van der Waals surface area contributed by atoms with Crippen molar-refractivity contribution < 1.29 is 9.59 Å². The van der Waals surface area contributed by atoms with Crippen molar-refractivity contribution in [1.82, 2.24) is 24.4 Å². The molecular formula is C17H19N5O2S. The molecule has 4 rings (SSSR count). The second kappa shape index (κ2) is 6.18. The molecule has 7 nitrogen and oxygen atoms in total. The molecule has 4 heterocycles. The molecule has 2 aromatic rings. The van der Waals surface area contributed by atoms with E-state index in [1.165, 1.54) is 0 Å². The van der Waals surface area contributed by atoms with E-state index in [1.54, 1.807) is 22.7 Å². The monoisotopic (exact) mass is 357 g/mol. The summed E-state index contributed by atoms with van der Waals surface area (Å²) in [6, 6.07) is 3.86. The largest absolute Gasteiger partial charge is 0.338 e. The molecule has 8 heteroatoms. The van der Waals surface area contributed by atoms with Crippen molar-refractivity contribution in [3.63, 3.8) is 0 Å². The number of carbonyl (C=O) groups is 2. The highest BCUT2D eigenvalue weighted by molar-refractivity contribution is 7.03. The Hall–Kier alpha value is -2.35. The Morgan fingerprint density at radius 2 is 2.36 bits per heavy atom. The van der Waals surface area contributed by atoms with Crippen LogP contribution in [0.2, 0.25) is 0 Å². The van der Waals surface area contributed by atoms with Gasteiger partial charge in [-0.25, -0.2) is 0 Å². The molecule has 2 saturated heterocycles. The van der Waals surface area contributed by atoms with Crippen LogP contribution in [-0.2, 0) is 11.3 Å². The van der Waals surface area contributed by atoms with Crippen LogP contribution in [0.3, 0.4) is 0 Å². The zero-order chi connectivity index (χ0) is 17.4. The van der Waals surface area contributed by atoms with Crippen molar-refractivity contribution in [1.29, 1.82) is 0 Å². The molecule has 1 spiro atoms. The molecular weight excluding hydrogens is 338 g/mol. The third-order valence-electron chi connectivity index (χ3n) is 5.41. The van der Waals surface area contributed by atoms with E-state index in [-0.39, 0.29) is 17.7 Å². The first-order chi connectivity index (χ1) is 12.1. The molecule has 0 aliphatic carbocycles. The predicted molar refractivity (Wildman–Crippen MR) is 91.7 cm³/mol. The van der Waals surface area contributed by atoms with Gasteiger partial charge in [-0.05, 0) is 35.5 Å². The molecule has 0 radical (unpaired) electrons. The fourth-order valence-corrected chi connectivity index (χ4v) is 4.40. The van der Waals surface area contributed by atoms with Gasteiger partial charge >= 0.3 is 0 Å². The van der Waals surface area contributed by atoms with Gasteiger partial charge < -0.3 is 9.80 Å². The second-order valence-electron chi connectivity index (χ2n) is 6.87. The highest BCUT2D eigenvalue weighted by Crippen LogP contribution is 2.45. The van der Waals surface area contributed by atoms with Gasteiger partial charge in [0.2, 0.25) is 5.91 Å². The van der Waals surface area contributed by atoms with Gasteiger partial charge in [0.1, 0.15) is 0 Å². The van der Waals surface area contributed by atoms with Crippen molar-refractivity contribution >= 4 is 23.3 Å². The molecule has 2 aliphatic rings. The third kappa shape index (κ3) is 2.70. The molecule has 25 heavy (non-hydrogen) atoms. The number of rotatable bonds is 3. The Bertz CT molecular complexity index is 782. The van der Waals surface area contributed by atoms with Crippen molar-refractivity contribution in [3.8, 4) is 0 Å². The van der Waals surface area contributed by atoms with Crippen LogP contribution in [0.4, 0.5) is 0 Å². The lowest BCUT2D eigenvalue weighted by atomic mass is 9.78. The van der Waals surface area contributed by atoms with Gasteiger partial charge in [-0.2, -0.15) is 0 Å². The van der Waals surface area contributed by atoms with Crippen LogP contribution in [-0.4, -0.2) is 55.8 Å². The zero-order valence-corrected chi connectivity index (χ0v) is 14.8. The minimum Gasteiger partial charge on any atom is -0.338 e. The van der Waals surface area contributed by atoms with Crippen LogP contribution in [0, 0.1) is 11.3 Å². The van der Waals surface area contributed by atoms with Gasteiger partial charge in [0.05, 0.1) is 5.41 Å². The van der Waals surface area contributed by atoms with Gasteiger partial charge in [-0.1, -0.05) is 17.5 Å². The molecule has 130 valence electrons. The average molecular weight is 357 g/mol. The van der Waals surface area contributed by atoms with Crippen LogP contribution in [0.25, 0.3) is 0 Å². The lowest BCUT2D eigenvalue weighted by Gasteiger charge is -2.26. The number of hydrogen-bond acceptors (Lipinski definition) is 6. The van der Waals surface area contributed by atoms with E-state index < -0.39 is 5.41 Å². The second-order valence-corrected chi connectivity index (χ2v) is 7.48. The molecule has 0 saturated carbocycles. The van der Waals surface area contributed by atoms with Gasteiger partial charge in [-0.3, -0.25) is 14.6 Å². The van der Waals surface area contributed by atoms with Gasteiger partial charge in [0, 0.05) is 44.0 Å². The molecule has 0 unspecified atom stereocenters. The van der Waals surface area contributed by atoms with E-state index in [2.05, 4.69) is 21.5 Å². The molecule has 2 aromatic heterocycles. The van der Waals surface area contributed by atoms with Gasteiger partial charge in [0.25, 0.3) is 5.91 Å². The van der Waals surface area contributed by atoms with E-state index >= 15 is 0 Å². The Morgan fingerprint density at radius 3 is 3.08 bits per heavy atom. The fourth-order valence-electron chi connectivity index (χ4n) is 3.97. The summed E-state index contributed by atoms with van der Waals surface area (Å²) in [4.78, 5) is 33.5. The number of carbonyl (C=O) groups excluding carboxylic acids is 2. The van der Waals surface area contributed by atoms with Gasteiger partial charge in [0.15, 0.2) is 5.69 Å². The molecule has 0 N–H and O–H groups in total. The summed E-state index contributed by atoms with van der Waals surface area (Å²) in [5.74, 6) is 0.154. The SMILES string of the molecule is C[C@@H]1CN(C(=O)c2csnn2)C[C@]12CCN(Cc1cccnc1)C2=O. The minimum atomic E-state index is -0.471. The normalized spacial score (nSPS) is 26.0. The summed E-state index contributed by atoms with van der Waals surface area (Å²) in [7, 11) is 0. The Kier molecular flexibility index (Phi) is 3.99. The number of aromatic nitrogens is 3. The lowest BCUT2D eigenvalue weighted by Crippen LogP contribution is -2.40. The first-order valence-corrected chi connectivity index (χ1v) is 9.18. The van der Waals surface area contributed by atoms with E-state index in [0.29, 0.717) is 25.3 Å². The molecule has 0 aromatic carbocycles. The van der Waals surface area contributed by atoms with E-state index in [0.717, 1.165) is 30.1 Å². The summed E-state index contributed by atoms with van der Waals surface area (Å²) in [5.41, 5.74) is 0.924. The van der Waals surface area contributed by atoms with Crippen LogP contribution in [0.5, 0.6) is 0 Å². The quantitative estimate of drug-likeness (QED) is 0.831. The molecule has 2 fully saturated rings. The Morgan fingerprint density at radius 1 is 1.48 bits per heavy atom. The lowest BCUT2D eigenvalue weighted by molar-refractivity contribution is -0.137. The van der Waals surface area contributed by atoms with Crippen molar-refractivity contribution in [2.75, 3.05) is 19.6 Å². The molecule has 2 amide bonds. The summed E-state index contributed by atoms with van der Waals surface area (Å²) in [5, 5.41) is 5.52. The third-order valence-corrected chi connectivity index (χ3v) is 5.92. The summed E-state index contributed by atoms with van der Waals surface area (Å²) >= 11 is 1.16. The van der Waals surface area contributed by atoms with Crippen molar-refractivity contribution in [3.05, 3.63) is 41.2 Å². The van der Waals surface area contributed by atoms with Crippen LogP contribution >= 0.6 is 11.5 Å². The predicted octanol–water partition coefficient (Wildman–Crippen LogP) is 1.44. The Balaban J connectivity index is 1.50. The number of amides is 2. The minimum absolute atomic E-state index is 0.129. The number of nitrogens with zero attached hydrogens (tertiary/aromatic N) is 5. The molecule has 2 atom stereocenters. The van der Waals surface area contributed by atoms with E-state index in [4.69, 9.17) is 0 Å². The summed E-state index contributed by atoms with van der Waals surface area (Å²) < 4.78 is 3.76. The van der Waals surface area contributed by atoms with Crippen LogP contribution in [0.1, 0.15) is 29.4 Å². The first kappa shape index (κ1) is 16.1. The van der Waals surface area contributed by atoms with Crippen LogP contribution in [0.15, 0.2) is 29.9 Å². The number of likely N-dealkylation sites (tertiary alicyclic amines) is 2. The maximum absolute atomic E-state index is 13.1. The van der Waals surface area contributed by atoms with E-state index in [1.807, 2.05) is 17.0 Å². The summed E-state index contributed by atoms with van der Waals surface area (Å²) in [6.07, 6.45) is 4.31. The topological polar surface area (TPSA) is 79.3 Å². The molecule has 0 bridgehead atoms. The smallest absolute Gasteiger partial charge is 0.275 e. The highest BCUT2D eigenvalue weighted by Gasteiger charge is 2.55. The van der Waals surface area contributed by atoms with Gasteiger partial charge in [-0.15, -0.1) is 5.10 Å². The summed E-state index contributed by atoms with van der Waals surface area (Å²) in [6.45, 7) is 4.41.